The van der Waals surface area contributed by atoms with Crippen molar-refractivity contribution in [1.82, 2.24) is 0 Å². The van der Waals surface area contributed by atoms with Crippen LogP contribution in [0.15, 0.2) is 0 Å². The van der Waals surface area contributed by atoms with Gasteiger partial charge in [0.25, 0.3) is 0 Å². The van der Waals surface area contributed by atoms with Crippen LogP contribution in [0.5, 0.6) is 0 Å². The molecule has 0 aromatic heterocycles. The van der Waals surface area contributed by atoms with Crippen molar-refractivity contribution in [1.29, 1.82) is 0 Å². The van der Waals surface area contributed by atoms with Gasteiger partial charge in [-0.15, -0.1) is 0 Å². The third-order valence-electron chi connectivity index (χ3n) is 4.64. The molecule has 2 saturated carbocycles. The molecule has 2 aliphatic carbocycles. The average molecular weight is 224 g/mol. The standard InChI is InChI=1S/C9H18.C7H14/c1-8(2)9-6-4-3-5-7-9;1-2-7-5-3-4-6-7/h8-9H,3-7H2,1-2H3;7H,2-6H2,1H3. The summed E-state index contributed by atoms with van der Waals surface area (Å²) in [4.78, 5) is 0. The fourth-order valence-electron chi connectivity index (χ4n) is 3.22. The highest BCUT2D eigenvalue weighted by Crippen LogP contribution is 2.29. The summed E-state index contributed by atoms with van der Waals surface area (Å²) in [6.45, 7) is 7.02. The zero-order valence-electron chi connectivity index (χ0n) is 11.8. The van der Waals surface area contributed by atoms with Crippen molar-refractivity contribution in [2.45, 2.75) is 85.0 Å². The third kappa shape index (κ3) is 5.37. The van der Waals surface area contributed by atoms with Gasteiger partial charge in [0.05, 0.1) is 0 Å². The maximum absolute atomic E-state index is 2.36. The summed E-state index contributed by atoms with van der Waals surface area (Å²) < 4.78 is 0. The van der Waals surface area contributed by atoms with Gasteiger partial charge in [0.1, 0.15) is 0 Å². The fourth-order valence-corrected chi connectivity index (χ4v) is 3.22. The van der Waals surface area contributed by atoms with Crippen LogP contribution in [0.1, 0.15) is 85.0 Å². The highest BCUT2D eigenvalue weighted by molar-refractivity contribution is 4.67. The van der Waals surface area contributed by atoms with Crippen molar-refractivity contribution < 1.29 is 0 Å². The van der Waals surface area contributed by atoms with Crippen molar-refractivity contribution >= 4 is 0 Å². The first-order valence-electron chi connectivity index (χ1n) is 7.74. The maximum atomic E-state index is 2.36. The predicted octanol–water partition coefficient (Wildman–Crippen LogP) is 5.81. The molecule has 16 heavy (non-hydrogen) atoms. The van der Waals surface area contributed by atoms with E-state index in [1.54, 1.807) is 0 Å². The second-order valence-electron chi connectivity index (χ2n) is 6.20. The quantitative estimate of drug-likeness (QED) is 0.555. The van der Waals surface area contributed by atoms with E-state index in [0.29, 0.717) is 0 Å². The molecule has 0 radical (unpaired) electrons. The minimum absolute atomic E-state index is 0.935. The Hall–Kier alpha value is 0. The summed E-state index contributed by atoms with van der Waals surface area (Å²) >= 11 is 0. The topological polar surface area (TPSA) is 0 Å². The minimum Gasteiger partial charge on any atom is -0.0651 e. The van der Waals surface area contributed by atoms with Gasteiger partial charge in [0.2, 0.25) is 0 Å². The number of hydrogen-bond acceptors (Lipinski definition) is 0. The van der Waals surface area contributed by atoms with Crippen molar-refractivity contribution in [2.75, 3.05) is 0 Å². The molecule has 0 aromatic rings. The van der Waals surface area contributed by atoms with E-state index < -0.39 is 0 Å². The van der Waals surface area contributed by atoms with Gasteiger partial charge in [-0.25, -0.2) is 0 Å². The van der Waals surface area contributed by atoms with Crippen molar-refractivity contribution in [3.8, 4) is 0 Å². The van der Waals surface area contributed by atoms with Gasteiger partial charge in [-0.1, -0.05) is 85.0 Å². The SMILES string of the molecule is CC(C)C1CCCCC1.CCC1CCCC1. The lowest BCUT2D eigenvalue weighted by Crippen LogP contribution is -2.12. The van der Waals surface area contributed by atoms with Gasteiger partial charge < -0.3 is 0 Å². The summed E-state index contributed by atoms with van der Waals surface area (Å²) in [5, 5.41) is 0. The summed E-state index contributed by atoms with van der Waals surface area (Å²) in [5.74, 6) is 3.09. The maximum Gasteiger partial charge on any atom is -0.0391 e. The lowest BCUT2D eigenvalue weighted by Gasteiger charge is -2.24. The van der Waals surface area contributed by atoms with Gasteiger partial charge in [-0.2, -0.15) is 0 Å². The molecule has 96 valence electrons. The molecule has 2 fully saturated rings. The molecular weight excluding hydrogens is 192 g/mol. The molecule has 0 nitrogen and oxygen atoms in total. The Labute approximate surface area is 103 Å². The summed E-state index contributed by atoms with van der Waals surface area (Å²) in [6.07, 6.45) is 14.9. The summed E-state index contributed by atoms with van der Waals surface area (Å²) in [5.41, 5.74) is 0. The van der Waals surface area contributed by atoms with Crippen LogP contribution in [-0.4, -0.2) is 0 Å². The molecule has 0 heteroatoms. The van der Waals surface area contributed by atoms with E-state index in [4.69, 9.17) is 0 Å². The molecule has 0 unspecified atom stereocenters. The second-order valence-corrected chi connectivity index (χ2v) is 6.20. The lowest BCUT2D eigenvalue weighted by molar-refractivity contribution is 0.279. The number of hydrogen-bond donors (Lipinski definition) is 0. The van der Waals surface area contributed by atoms with Crippen LogP contribution in [0.2, 0.25) is 0 Å². The van der Waals surface area contributed by atoms with Crippen LogP contribution in [0.4, 0.5) is 0 Å². The normalized spacial score (nSPS) is 23.2. The summed E-state index contributed by atoms with van der Waals surface area (Å²) in [6, 6.07) is 0. The Morgan fingerprint density at radius 2 is 1.31 bits per heavy atom. The Kier molecular flexibility index (Phi) is 7.16. The van der Waals surface area contributed by atoms with Crippen LogP contribution in [0.25, 0.3) is 0 Å². The first-order valence-corrected chi connectivity index (χ1v) is 7.74. The van der Waals surface area contributed by atoms with Gasteiger partial charge >= 0.3 is 0 Å². The van der Waals surface area contributed by atoms with E-state index in [1.165, 1.54) is 64.2 Å². The highest BCUT2D eigenvalue weighted by Gasteiger charge is 2.15. The molecule has 0 amide bonds. The van der Waals surface area contributed by atoms with E-state index in [0.717, 1.165) is 17.8 Å². The lowest BCUT2D eigenvalue weighted by atomic mass is 9.82. The molecule has 0 spiro atoms. The van der Waals surface area contributed by atoms with E-state index in [9.17, 15) is 0 Å². The van der Waals surface area contributed by atoms with Crippen molar-refractivity contribution in [3.63, 3.8) is 0 Å². The molecule has 0 aliphatic heterocycles. The molecule has 0 N–H and O–H groups in total. The van der Waals surface area contributed by atoms with Crippen molar-refractivity contribution in [2.24, 2.45) is 17.8 Å². The van der Waals surface area contributed by atoms with Crippen LogP contribution >= 0.6 is 0 Å². The highest BCUT2D eigenvalue weighted by atomic mass is 14.2. The van der Waals surface area contributed by atoms with Gasteiger partial charge in [-0.3, -0.25) is 0 Å². The van der Waals surface area contributed by atoms with Gasteiger partial charge in [0, 0.05) is 0 Å². The average Bonchev–Trinajstić information content (AvgIpc) is 2.84. The van der Waals surface area contributed by atoms with Crippen LogP contribution < -0.4 is 0 Å². The Bertz CT molecular complexity index is 147. The van der Waals surface area contributed by atoms with Crippen LogP contribution in [-0.2, 0) is 0 Å². The predicted molar refractivity (Wildman–Crippen MR) is 73.7 cm³/mol. The first-order chi connectivity index (χ1) is 7.74. The van der Waals surface area contributed by atoms with E-state index >= 15 is 0 Å². The van der Waals surface area contributed by atoms with E-state index in [-0.39, 0.29) is 0 Å². The fraction of sp³-hybridized carbons (Fsp3) is 1.00. The van der Waals surface area contributed by atoms with Crippen LogP contribution in [0, 0.1) is 17.8 Å². The van der Waals surface area contributed by atoms with Crippen molar-refractivity contribution in [3.05, 3.63) is 0 Å². The van der Waals surface area contributed by atoms with Gasteiger partial charge in [-0.05, 0) is 17.8 Å². The summed E-state index contributed by atoms with van der Waals surface area (Å²) in [7, 11) is 0. The molecule has 2 aliphatic rings. The first kappa shape index (κ1) is 14.1. The van der Waals surface area contributed by atoms with Gasteiger partial charge in [0.15, 0.2) is 0 Å². The zero-order chi connectivity index (χ0) is 11.8. The molecule has 0 heterocycles. The number of rotatable bonds is 2. The molecule has 0 bridgehead atoms. The van der Waals surface area contributed by atoms with E-state index in [1.807, 2.05) is 0 Å². The molecule has 0 saturated heterocycles. The smallest absolute Gasteiger partial charge is 0.0391 e. The van der Waals surface area contributed by atoms with E-state index in [2.05, 4.69) is 20.8 Å². The van der Waals surface area contributed by atoms with Crippen LogP contribution in [0.3, 0.4) is 0 Å². The second kappa shape index (κ2) is 8.14. The molecule has 0 aromatic carbocycles. The third-order valence-corrected chi connectivity index (χ3v) is 4.64. The zero-order valence-corrected chi connectivity index (χ0v) is 11.8. The Morgan fingerprint density at radius 1 is 0.812 bits per heavy atom. The minimum atomic E-state index is 0.935. The Balaban J connectivity index is 0.000000165. The monoisotopic (exact) mass is 224 g/mol. The molecular formula is C16H32. The largest absolute Gasteiger partial charge is 0.0651 e. The molecule has 2 rings (SSSR count). The Morgan fingerprint density at radius 3 is 1.62 bits per heavy atom. The molecule has 0 atom stereocenters.